The van der Waals surface area contributed by atoms with Gasteiger partial charge in [-0.05, 0) is 53.4 Å². The maximum absolute atomic E-state index is 12.6. The van der Waals surface area contributed by atoms with Crippen molar-refractivity contribution >= 4 is 57.5 Å². The average molecular weight is 419 g/mol. The Morgan fingerprint density at radius 1 is 1.30 bits per heavy atom. The van der Waals surface area contributed by atoms with Gasteiger partial charge < -0.3 is 4.74 Å². The van der Waals surface area contributed by atoms with E-state index in [0.29, 0.717) is 26.6 Å². The lowest BCUT2D eigenvalue weighted by Crippen LogP contribution is -2.44. The summed E-state index contributed by atoms with van der Waals surface area (Å²) < 4.78 is 5.96. The number of thiocarbonyl (C=S) groups is 1. The Kier molecular flexibility index (Phi) is 6.30. The summed E-state index contributed by atoms with van der Waals surface area (Å²) in [5.41, 5.74) is 3.42. The molecule has 2 heterocycles. The molecule has 3 rings (SSSR count). The number of amides is 2. The van der Waals surface area contributed by atoms with Gasteiger partial charge in [-0.1, -0.05) is 43.8 Å². The van der Waals surface area contributed by atoms with Crippen molar-refractivity contribution in [1.29, 1.82) is 0 Å². The molecule has 27 heavy (non-hydrogen) atoms. The van der Waals surface area contributed by atoms with Gasteiger partial charge in [0.25, 0.3) is 11.8 Å². The highest BCUT2D eigenvalue weighted by molar-refractivity contribution is 8.26. The van der Waals surface area contributed by atoms with E-state index in [9.17, 15) is 9.59 Å². The molecule has 0 bridgehead atoms. The predicted octanol–water partition coefficient (Wildman–Crippen LogP) is 4.33. The monoisotopic (exact) mass is 418 g/mol. The number of rotatable bonds is 6. The normalized spacial score (nSPS) is 15.7. The molecule has 1 fully saturated rings. The molecule has 1 aliphatic heterocycles. The molecule has 0 radical (unpaired) electrons. The first kappa shape index (κ1) is 19.6. The number of nitrogens with one attached hydrogen (secondary N) is 1. The molecular weight excluding hydrogens is 400 g/mol. The summed E-state index contributed by atoms with van der Waals surface area (Å²) in [6.45, 7) is 4.84. The Balaban J connectivity index is 1.67. The summed E-state index contributed by atoms with van der Waals surface area (Å²) in [6, 6.07) is 11.0. The number of carbonyl (C=O) groups is 2. The molecule has 140 valence electrons. The van der Waals surface area contributed by atoms with Gasteiger partial charge in [0.2, 0.25) is 0 Å². The minimum Gasteiger partial charge on any atom is -0.493 e. The Morgan fingerprint density at radius 2 is 2.04 bits per heavy atom. The zero-order chi connectivity index (χ0) is 19.4. The van der Waals surface area contributed by atoms with Crippen LogP contribution in [0.2, 0.25) is 0 Å². The fraction of sp³-hybridized carbons (Fsp3) is 0.211. The summed E-state index contributed by atoms with van der Waals surface area (Å²) in [6.07, 6.45) is 1.75. The molecule has 1 aromatic carbocycles. The molecule has 1 N–H and O–H groups in total. The minimum atomic E-state index is -0.353. The Labute approximate surface area is 171 Å². The number of ether oxygens (including phenoxy) is 1. The van der Waals surface area contributed by atoms with Crippen LogP contribution in [0.4, 0.5) is 0 Å². The first-order valence-corrected chi connectivity index (χ1v) is 10.4. The largest absolute Gasteiger partial charge is 0.493 e. The van der Waals surface area contributed by atoms with E-state index in [2.05, 4.69) is 19.3 Å². The number of carbonyl (C=O) groups excluding carboxylic acids is 2. The van der Waals surface area contributed by atoms with Crippen molar-refractivity contribution in [3.8, 4) is 5.75 Å². The molecule has 2 amide bonds. The van der Waals surface area contributed by atoms with Gasteiger partial charge in [-0.15, -0.1) is 11.3 Å². The van der Waals surface area contributed by atoms with E-state index in [1.165, 1.54) is 11.3 Å². The van der Waals surface area contributed by atoms with E-state index in [4.69, 9.17) is 17.0 Å². The number of nitrogens with zero attached hydrogens (tertiary/aromatic N) is 1. The number of thioether (sulfide) groups is 1. The molecule has 0 spiro atoms. The van der Waals surface area contributed by atoms with Crippen LogP contribution >= 0.6 is 35.3 Å². The Morgan fingerprint density at radius 3 is 2.67 bits per heavy atom. The van der Waals surface area contributed by atoms with Crippen LogP contribution in [0, 0.1) is 5.92 Å². The lowest BCUT2D eigenvalue weighted by molar-refractivity contribution is -0.123. The highest BCUT2D eigenvalue weighted by Gasteiger charge is 2.33. The van der Waals surface area contributed by atoms with Crippen LogP contribution in [0.5, 0.6) is 5.75 Å². The third kappa shape index (κ3) is 4.97. The topological polar surface area (TPSA) is 58.6 Å². The second-order valence-electron chi connectivity index (χ2n) is 6.21. The van der Waals surface area contributed by atoms with E-state index < -0.39 is 0 Å². The first-order valence-electron chi connectivity index (χ1n) is 8.29. The maximum Gasteiger partial charge on any atom is 0.285 e. The molecule has 0 unspecified atom stereocenters. The van der Waals surface area contributed by atoms with E-state index in [1.807, 2.05) is 24.3 Å². The molecule has 1 saturated heterocycles. The summed E-state index contributed by atoms with van der Waals surface area (Å²) in [5.74, 6) is 0.552. The summed E-state index contributed by atoms with van der Waals surface area (Å²) >= 11 is 7.70. The van der Waals surface area contributed by atoms with Gasteiger partial charge in [-0.3, -0.25) is 15.0 Å². The Bertz CT molecular complexity index is 874. The van der Waals surface area contributed by atoms with Crippen LogP contribution in [-0.4, -0.2) is 27.8 Å². The van der Waals surface area contributed by atoms with Crippen molar-refractivity contribution in [1.82, 2.24) is 10.4 Å². The molecule has 2 aromatic rings. The fourth-order valence-corrected chi connectivity index (χ4v) is 4.00. The molecule has 1 aliphatic rings. The second-order valence-corrected chi connectivity index (χ2v) is 8.83. The fourth-order valence-electron chi connectivity index (χ4n) is 2.20. The first-order chi connectivity index (χ1) is 12.9. The summed E-state index contributed by atoms with van der Waals surface area (Å²) in [5, 5.41) is 2.92. The quantitative estimate of drug-likeness (QED) is 0.559. The number of thiophene rings is 1. The molecular formula is C19H18N2O3S3. The Hall–Kier alpha value is -2.16. The molecule has 1 aromatic heterocycles. The molecule has 0 atom stereocenters. The zero-order valence-corrected chi connectivity index (χ0v) is 17.2. The van der Waals surface area contributed by atoms with Crippen LogP contribution in [0.25, 0.3) is 6.08 Å². The van der Waals surface area contributed by atoms with Gasteiger partial charge in [0.15, 0.2) is 4.32 Å². The van der Waals surface area contributed by atoms with Gasteiger partial charge in [-0.2, -0.15) is 5.01 Å². The van der Waals surface area contributed by atoms with Crippen molar-refractivity contribution in [2.45, 2.75) is 13.8 Å². The minimum absolute atomic E-state index is 0.299. The lowest BCUT2D eigenvalue weighted by Gasteiger charge is -2.14. The smallest absolute Gasteiger partial charge is 0.285 e. The highest BCUT2D eigenvalue weighted by Crippen LogP contribution is 2.31. The lowest BCUT2D eigenvalue weighted by atomic mass is 10.2. The van der Waals surface area contributed by atoms with Crippen molar-refractivity contribution in [3.63, 3.8) is 0 Å². The van der Waals surface area contributed by atoms with Crippen LogP contribution < -0.4 is 10.2 Å². The maximum atomic E-state index is 12.6. The van der Waals surface area contributed by atoms with E-state index in [1.54, 1.807) is 23.6 Å². The van der Waals surface area contributed by atoms with Crippen molar-refractivity contribution in [2.24, 2.45) is 5.92 Å². The van der Waals surface area contributed by atoms with Crippen molar-refractivity contribution in [3.05, 3.63) is 57.1 Å². The number of hydrogen-bond donors (Lipinski definition) is 1. The van der Waals surface area contributed by atoms with Gasteiger partial charge in [0, 0.05) is 0 Å². The highest BCUT2D eigenvalue weighted by atomic mass is 32.2. The average Bonchev–Trinajstić information content (AvgIpc) is 3.26. The summed E-state index contributed by atoms with van der Waals surface area (Å²) in [4.78, 5) is 25.7. The van der Waals surface area contributed by atoms with Crippen LogP contribution in [0.3, 0.4) is 0 Å². The number of hydrazine groups is 1. The standard InChI is InChI=1S/C19H18N2O3S3/c1-12(2)11-24-14-7-5-13(6-8-14)10-16-18(23)21(19(25)27-16)20-17(22)15-4-3-9-26-15/h3-10,12H,11H2,1-2H3,(H,20,22)/b16-10-. The predicted molar refractivity (Wildman–Crippen MR) is 114 cm³/mol. The van der Waals surface area contributed by atoms with Crippen molar-refractivity contribution < 1.29 is 14.3 Å². The zero-order valence-electron chi connectivity index (χ0n) is 14.8. The van der Waals surface area contributed by atoms with Gasteiger partial charge in [0.1, 0.15) is 5.75 Å². The van der Waals surface area contributed by atoms with Gasteiger partial charge in [-0.25, -0.2) is 0 Å². The van der Waals surface area contributed by atoms with E-state index >= 15 is 0 Å². The molecule has 0 saturated carbocycles. The van der Waals surface area contributed by atoms with Crippen molar-refractivity contribution in [2.75, 3.05) is 6.61 Å². The summed E-state index contributed by atoms with van der Waals surface area (Å²) in [7, 11) is 0. The van der Waals surface area contributed by atoms with Crippen LogP contribution in [0.15, 0.2) is 46.7 Å². The van der Waals surface area contributed by atoms with Crippen LogP contribution in [-0.2, 0) is 4.79 Å². The second kappa shape index (κ2) is 8.69. The third-order valence-electron chi connectivity index (χ3n) is 3.51. The third-order valence-corrected chi connectivity index (χ3v) is 5.68. The number of hydrogen-bond acceptors (Lipinski definition) is 6. The van der Waals surface area contributed by atoms with Crippen LogP contribution in [0.1, 0.15) is 29.1 Å². The molecule has 0 aliphatic carbocycles. The van der Waals surface area contributed by atoms with E-state index in [0.717, 1.165) is 28.1 Å². The molecule has 5 nitrogen and oxygen atoms in total. The SMILES string of the molecule is CC(C)COc1ccc(/C=C2\SC(=S)N(NC(=O)c3cccs3)C2=O)cc1. The van der Waals surface area contributed by atoms with Gasteiger partial charge >= 0.3 is 0 Å². The van der Waals surface area contributed by atoms with E-state index in [-0.39, 0.29) is 11.8 Å². The molecule has 8 heteroatoms. The van der Waals surface area contributed by atoms with Gasteiger partial charge in [0.05, 0.1) is 16.4 Å². The number of benzene rings is 1.